The molecule has 0 radical (unpaired) electrons. The van der Waals surface area contributed by atoms with E-state index in [1.807, 2.05) is 43.2 Å². The molecule has 10 heavy (non-hydrogen) atoms. The maximum absolute atomic E-state index is 2.05. The molecule has 1 rings (SSSR count). The quantitative estimate of drug-likeness (QED) is 0.563. The Morgan fingerprint density at radius 3 is 1.10 bits per heavy atom. The number of hydrogen-bond acceptors (Lipinski definition) is 4. The fourth-order valence-corrected chi connectivity index (χ4v) is 5.30. The molecule has 0 spiro atoms. The average Bonchev–Trinajstić information content (AvgIpc) is 2.01. The Hall–Kier alpha value is 1.40. The van der Waals surface area contributed by atoms with Gasteiger partial charge in [0.15, 0.2) is 0 Å². The van der Waals surface area contributed by atoms with Gasteiger partial charge in [-0.2, -0.15) is 0 Å². The van der Waals surface area contributed by atoms with Crippen molar-refractivity contribution in [1.29, 1.82) is 0 Å². The first-order chi connectivity index (χ1) is 5.00. The van der Waals surface area contributed by atoms with Gasteiger partial charge < -0.3 is 0 Å². The van der Waals surface area contributed by atoms with Crippen LogP contribution in [-0.2, 0) is 0 Å². The van der Waals surface area contributed by atoms with Gasteiger partial charge in [-0.15, -0.1) is 0 Å². The summed E-state index contributed by atoms with van der Waals surface area (Å²) in [6.45, 7) is 0. The lowest BCUT2D eigenvalue weighted by Crippen LogP contribution is -1.86. The van der Waals surface area contributed by atoms with Crippen molar-refractivity contribution in [3.63, 3.8) is 0 Å². The van der Waals surface area contributed by atoms with Gasteiger partial charge >= 0.3 is 0 Å². The molecule has 0 amide bonds. The zero-order valence-electron chi connectivity index (χ0n) is 5.88. The topological polar surface area (TPSA) is 0 Å². The molecule has 4 heteroatoms. The van der Waals surface area contributed by atoms with Crippen LogP contribution < -0.4 is 0 Å². The summed E-state index contributed by atoms with van der Waals surface area (Å²) in [7, 11) is 8.18. The van der Waals surface area contributed by atoms with E-state index in [4.69, 9.17) is 0 Å². The zero-order valence-corrected chi connectivity index (χ0v) is 9.14. The SMILES string of the molecule is C1CSSCCCSSC1. The highest BCUT2D eigenvalue weighted by molar-refractivity contribution is 8.77. The normalized spacial score (nSPS) is 24.0. The molecule has 0 aromatic heterocycles. The fraction of sp³-hybridized carbons (Fsp3) is 1.00. The fourth-order valence-electron chi connectivity index (χ4n) is 0.589. The molecule has 1 fully saturated rings. The van der Waals surface area contributed by atoms with E-state index in [2.05, 4.69) is 0 Å². The molecule has 1 heterocycles. The van der Waals surface area contributed by atoms with Gasteiger partial charge in [-0.3, -0.25) is 0 Å². The van der Waals surface area contributed by atoms with E-state index >= 15 is 0 Å². The highest BCUT2D eigenvalue weighted by atomic mass is 33.1. The lowest BCUT2D eigenvalue weighted by Gasteiger charge is -2.04. The van der Waals surface area contributed by atoms with Crippen molar-refractivity contribution in [2.75, 3.05) is 23.0 Å². The first-order valence-electron chi connectivity index (χ1n) is 3.49. The minimum absolute atomic E-state index is 1.35. The van der Waals surface area contributed by atoms with Gasteiger partial charge in [0.25, 0.3) is 0 Å². The minimum atomic E-state index is 1.35. The van der Waals surface area contributed by atoms with Crippen LogP contribution in [0.2, 0.25) is 0 Å². The van der Waals surface area contributed by atoms with Gasteiger partial charge in [0.2, 0.25) is 0 Å². The lowest BCUT2D eigenvalue weighted by atomic mass is 10.6. The van der Waals surface area contributed by atoms with E-state index in [1.165, 1.54) is 35.9 Å². The molecule has 0 unspecified atom stereocenters. The standard InChI is InChI=1S/C6H12S4/c1-3-7-9-5-2-6-10-8-4-1/h1-6H2. The maximum atomic E-state index is 2.05. The van der Waals surface area contributed by atoms with Crippen molar-refractivity contribution in [2.24, 2.45) is 0 Å². The molecule has 0 aliphatic carbocycles. The second-order valence-electron chi connectivity index (χ2n) is 2.00. The molecule has 1 saturated heterocycles. The van der Waals surface area contributed by atoms with Crippen LogP contribution in [0.4, 0.5) is 0 Å². The summed E-state index contributed by atoms with van der Waals surface area (Å²) in [6, 6.07) is 0. The summed E-state index contributed by atoms with van der Waals surface area (Å²) in [6.07, 6.45) is 2.77. The van der Waals surface area contributed by atoms with Crippen LogP contribution in [0.3, 0.4) is 0 Å². The largest absolute Gasteiger partial charge is 0.0941 e. The Kier molecular flexibility index (Phi) is 6.71. The van der Waals surface area contributed by atoms with Crippen molar-refractivity contribution < 1.29 is 0 Å². The van der Waals surface area contributed by atoms with Crippen molar-refractivity contribution in [3.05, 3.63) is 0 Å². The van der Waals surface area contributed by atoms with E-state index in [1.54, 1.807) is 0 Å². The second kappa shape index (κ2) is 7.07. The predicted molar refractivity (Wildman–Crippen MR) is 59.1 cm³/mol. The molecule has 0 bridgehead atoms. The Balaban J connectivity index is 2.00. The molecular weight excluding hydrogens is 200 g/mol. The van der Waals surface area contributed by atoms with Gasteiger partial charge in [-0.25, -0.2) is 0 Å². The number of hydrogen-bond donors (Lipinski definition) is 0. The van der Waals surface area contributed by atoms with Crippen molar-refractivity contribution in [2.45, 2.75) is 12.8 Å². The van der Waals surface area contributed by atoms with Crippen LogP contribution in [0.25, 0.3) is 0 Å². The predicted octanol–water partition coefficient (Wildman–Crippen LogP) is 3.54. The molecular formula is C6H12S4. The minimum Gasteiger partial charge on any atom is -0.0941 e. The smallest absolute Gasteiger partial charge is 0.00450 e. The summed E-state index contributed by atoms with van der Waals surface area (Å²) in [5.74, 6) is 5.38. The van der Waals surface area contributed by atoms with Crippen LogP contribution in [0, 0.1) is 0 Å². The van der Waals surface area contributed by atoms with Gasteiger partial charge in [0.1, 0.15) is 0 Å². The van der Waals surface area contributed by atoms with Crippen molar-refractivity contribution >= 4 is 43.2 Å². The Morgan fingerprint density at radius 2 is 0.800 bits per heavy atom. The molecule has 1 aliphatic rings. The highest BCUT2D eigenvalue weighted by Gasteiger charge is 1.97. The summed E-state index contributed by atoms with van der Waals surface area (Å²) in [5.41, 5.74) is 0. The first kappa shape index (κ1) is 9.49. The molecule has 0 atom stereocenters. The third-order valence-corrected chi connectivity index (χ3v) is 6.23. The van der Waals surface area contributed by atoms with Crippen molar-refractivity contribution in [1.82, 2.24) is 0 Å². The molecule has 0 nitrogen and oxygen atoms in total. The van der Waals surface area contributed by atoms with Gasteiger partial charge in [-0.05, 0) is 12.8 Å². The highest BCUT2D eigenvalue weighted by Crippen LogP contribution is 2.30. The Labute approximate surface area is 78.9 Å². The third kappa shape index (κ3) is 5.10. The third-order valence-electron chi connectivity index (χ3n) is 1.08. The first-order valence-corrected chi connectivity index (χ1v) is 8.46. The molecule has 60 valence electrons. The Morgan fingerprint density at radius 1 is 0.500 bits per heavy atom. The molecule has 0 N–H and O–H groups in total. The summed E-state index contributed by atoms with van der Waals surface area (Å²) in [5, 5.41) is 0. The molecule has 0 aromatic rings. The number of rotatable bonds is 0. The average molecular weight is 212 g/mol. The van der Waals surface area contributed by atoms with Crippen LogP contribution in [0.5, 0.6) is 0 Å². The van der Waals surface area contributed by atoms with Gasteiger partial charge in [0.05, 0.1) is 0 Å². The van der Waals surface area contributed by atoms with Crippen LogP contribution in [-0.4, -0.2) is 23.0 Å². The van der Waals surface area contributed by atoms with Gasteiger partial charge in [0, 0.05) is 23.0 Å². The summed E-state index contributed by atoms with van der Waals surface area (Å²) >= 11 is 0. The molecule has 0 saturated carbocycles. The van der Waals surface area contributed by atoms with E-state index in [0.717, 1.165) is 0 Å². The maximum Gasteiger partial charge on any atom is 0.00450 e. The van der Waals surface area contributed by atoms with Crippen molar-refractivity contribution in [3.8, 4) is 0 Å². The van der Waals surface area contributed by atoms with Crippen LogP contribution >= 0.6 is 43.2 Å². The van der Waals surface area contributed by atoms with E-state index in [9.17, 15) is 0 Å². The van der Waals surface area contributed by atoms with E-state index in [0.29, 0.717) is 0 Å². The van der Waals surface area contributed by atoms with Crippen LogP contribution in [0.15, 0.2) is 0 Å². The molecule has 0 aromatic carbocycles. The second-order valence-corrected chi connectivity index (χ2v) is 7.40. The Bertz CT molecular complexity index is 42.9. The monoisotopic (exact) mass is 212 g/mol. The van der Waals surface area contributed by atoms with Crippen LogP contribution in [0.1, 0.15) is 12.8 Å². The zero-order chi connectivity index (χ0) is 7.07. The van der Waals surface area contributed by atoms with E-state index < -0.39 is 0 Å². The van der Waals surface area contributed by atoms with Gasteiger partial charge in [-0.1, -0.05) is 43.2 Å². The molecule has 1 aliphatic heterocycles. The van der Waals surface area contributed by atoms with E-state index in [-0.39, 0.29) is 0 Å². The lowest BCUT2D eigenvalue weighted by molar-refractivity contribution is 1.12. The summed E-state index contributed by atoms with van der Waals surface area (Å²) < 4.78 is 0. The summed E-state index contributed by atoms with van der Waals surface area (Å²) in [4.78, 5) is 0.